The maximum atomic E-state index is 12.2. The normalized spacial score (nSPS) is 21.0. The first-order valence-corrected chi connectivity index (χ1v) is 6.04. The van der Waals surface area contributed by atoms with Crippen molar-refractivity contribution < 1.29 is 24.4 Å². The highest BCUT2D eigenvalue weighted by Gasteiger charge is 2.44. The van der Waals surface area contributed by atoms with E-state index in [1.807, 2.05) is 0 Å². The molecule has 1 amide bonds. The number of benzene rings is 1. The van der Waals surface area contributed by atoms with Crippen LogP contribution in [0.3, 0.4) is 0 Å². The van der Waals surface area contributed by atoms with Crippen molar-refractivity contribution in [2.75, 3.05) is 18.9 Å². The van der Waals surface area contributed by atoms with Gasteiger partial charge in [-0.2, -0.15) is 0 Å². The molecule has 0 aromatic heterocycles. The number of nitrogens with two attached hydrogens (primary N) is 1. The van der Waals surface area contributed by atoms with E-state index >= 15 is 0 Å². The number of anilines is 1. The summed E-state index contributed by atoms with van der Waals surface area (Å²) in [6.07, 6.45) is 0.114. The lowest BCUT2D eigenvalue weighted by molar-refractivity contribution is -0.383. The highest BCUT2D eigenvalue weighted by molar-refractivity contribution is 6.03. The maximum absolute atomic E-state index is 12.2. The highest BCUT2D eigenvalue weighted by atomic mass is 16.6. The van der Waals surface area contributed by atoms with Gasteiger partial charge in [-0.1, -0.05) is 6.07 Å². The topological polar surface area (TPSA) is 145 Å². The minimum atomic E-state index is -1.53. The van der Waals surface area contributed by atoms with E-state index in [0.29, 0.717) is 0 Å². The molecule has 1 heterocycles. The fraction of sp³-hybridized carbons (Fsp3) is 0.333. The van der Waals surface area contributed by atoms with E-state index in [1.165, 1.54) is 12.1 Å². The molecular formula is C12H13N3O6. The van der Waals surface area contributed by atoms with Crippen molar-refractivity contribution in [3.8, 4) is 0 Å². The number of carboxylic acid groups (broad SMARTS) is 1. The SMILES string of the molecule is Nc1c(C(=O)NC2(C(=O)O)CCOC2)cccc1[N+](=O)[O-]. The number of nitrogens with zero attached hydrogens (tertiary/aromatic N) is 1. The highest BCUT2D eigenvalue weighted by Crippen LogP contribution is 2.26. The molecule has 4 N–H and O–H groups in total. The van der Waals surface area contributed by atoms with Crippen LogP contribution in [-0.2, 0) is 9.53 Å². The van der Waals surface area contributed by atoms with Crippen molar-refractivity contribution in [3.05, 3.63) is 33.9 Å². The second kappa shape index (κ2) is 5.37. The molecule has 0 saturated carbocycles. The lowest BCUT2D eigenvalue weighted by atomic mass is 9.98. The number of hydrogen-bond acceptors (Lipinski definition) is 6. The average Bonchev–Trinajstić information content (AvgIpc) is 2.88. The zero-order valence-electron chi connectivity index (χ0n) is 10.9. The van der Waals surface area contributed by atoms with E-state index in [9.17, 15) is 24.8 Å². The van der Waals surface area contributed by atoms with Crippen LogP contribution in [0.15, 0.2) is 18.2 Å². The lowest BCUT2D eigenvalue weighted by Crippen LogP contribution is -2.55. The second-order valence-electron chi connectivity index (χ2n) is 4.64. The number of carbonyl (C=O) groups is 2. The van der Waals surface area contributed by atoms with E-state index in [-0.39, 0.29) is 30.9 Å². The van der Waals surface area contributed by atoms with Gasteiger partial charge in [0.25, 0.3) is 11.6 Å². The van der Waals surface area contributed by atoms with E-state index in [2.05, 4.69) is 5.32 Å². The van der Waals surface area contributed by atoms with Crippen molar-refractivity contribution in [3.63, 3.8) is 0 Å². The summed E-state index contributed by atoms with van der Waals surface area (Å²) in [5.74, 6) is -2.01. The molecule has 9 heteroatoms. The molecule has 1 saturated heterocycles. The fourth-order valence-electron chi connectivity index (χ4n) is 2.08. The number of nitro groups is 1. The molecule has 2 rings (SSSR count). The molecule has 0 aliphatic carbocycles. The van der Waals surface area contributed by atoms with Gasteiger partial charge < -0.3 is 20.9 Å². The van der Waals surface area contributed by atoms with Gasteiger partial charge >= 0.3 is 5.97 Å². The Bertz CT molecular complexity index is 609. The van der Waals surface area contributed by atoms with E-state index < -0.39 is 28.0 Å². The summed E-state index contributed by atoms with van der Waals surface area (Å²) in [7, 11) is 0. The minimum absolute atomic E-state index is 0.114. The van der Waals surface area contributed by atoms with Crippen molar-refractivity contribution in [1.29, 1.82) is 0 Å². The monoisotopic (exact) mass is 295 g/mol. The minimum Gasteiger partial charge on any atom is -0.479 e. The van der Waals surface area contributed by atoms with Crippen LogP contribution in [-0.4, -0.2) is 40.7 Å². The molecule has 21 heavy (non-hydrogen) atoms. The summed E-state index contributed by atoms with van der Waals surface area (Å²) in [5, 5.41) is 22.4. The van der Waals surface area contributed by atoms with Gasteiger partial charge in [-0.15, -0.1) is 0 Å². The molecule has 1 atom stereocenters. The number of nitrogen functional groups attached to an aromatic ring is 1. The molecular weight excluding hydrogens is 282 g/mol. The zero-order valence-corrected chi connectivity index (χ0v) is 10.9. The third-order valence-corrected chi connectivity index (χ3v) is 3.31. The molecule has 1 aromatic rings. The molecule has 1 aliphatic rings. The molecule has 9 nitrogen and oxygen atoms in total. The molecule has 112 valence electrons. The van der Waals surface area contributed by atoms with Crippen molar-refractivity contribution >= 4 is 23.3 Å². The van der Waals surface area contributed by atoms with Gasteiger partial charge in [0.15, 0.2) is 5.54 Å². The van der Waals surface area contributed by atoms with Crippen LogP contribution >= 0.6 is 0 Å². The Morgan fingerprint density at radius 3 is 2.71 bits per heavy atom. The van der Waals surface area contributed by atoms with Gasteiger partial charge in [-0.25, -0.2) is 4.79 Å². The van der Waals surface area contributed by atoms with Crippen molar-refractivity contribution in [2.24, 2.45) is 0 Å². The Balaban J connectivity index is 2.31. The first-order valence-electron chi connectivity index (χ1n) is 6.04. The van der Waals surface area contributed by atoms with Crippen LogP contribution < -0.4 is 11.1 Å². The predicted octanol–water partition coefficient (Wildman–Crippen LogP) is 0.151. The first-order chi connectivity index (χ1) is 9.87. The Kier molecular flexibility index (Phi) is 3.76. The average molecular weight is 295 g/mol. The number of carboxylic acids is 1. The number of amides is 1. The van der Waals surface area contributed by atoms with Crippen LogP contribution in [0.4, 0.5) is 11.4 Å². The Labute approximate surface area is 118 Å². The summed E-state index contributed by atoms with van der Waals surface area (Å²) in [6, 6.07) is 3.77. The van der Waals surface area contributed by atoms with Gasteiger partial charge in [0.1, 0.15) is 5.69 Å². The maximum Gasteiger partial charge on any atom is 0.331 e. The summed E-state index contributed by atoms with van der Waals surface area (Å²) >= 11 is 0. The van der Waals surface area contributed by atoms with Crippen molar-refractivity contribution in [1.82, 2.24) is 5.32 Å². The fourth-order valence-corrected chi connectivity index (χ4v) is 2.08. The van der Waals surface area contributed by atoms with Gasteiger partial charge in [0.05, 0.1) is 17.1 Å². The smallest absolute Gasteiger partial charge is 0.331 e. The predicted molar refractivity (Wildman–Crippen MR) is 70.8 cm³/mol. The Morgan fingerprint density at radius 2 is 2.19 bits per heavy atom. The molecule has 1 unspecified atom stereocenters. The van der Waals surface area contributed by atoms with Gasteiger partial charge in [0, 0.05) is 19.1 Å². The third kappa shape index (κ3) is 2.63. The number of carbonyl (C=O) groups excluding carboxylic acids is 1. The van der Waals surface area contributed by atoms with Crippen LogP contribution in [0.1, 0.15) is 16.8 Å². The van der Waals surface area contributed by atoms with Gasteiger partial charge in [-0.3, -0.25) is 14.9 Å². The zero-order chi connectivity index (χ0) is 15.6. The third-order valence-electron chi connectivity index (χ3n) is 3.31. The van der Waals surface area contributed by atoms with E-state index in [1.54, 1.807) is 0 Å². The molecule has 1 fully saturated rings. The quantitative estimate of drug-likeness (QED) is 0.407. The number of ether oxygens (including phenoxy) is 1. The molecule has 0 spiro atoms. The van der Waals surface area contributed by atoms with Crippen LogP contribution in [0.2, 0.25) is 0 Å². The van der Waals surface area contributed by atoms with Crippen LogP contribution in [0, 0.1) is 10.1 Å². The Hall–Kier alpha value is -2.68. The number of nitro benzene ring substituents is 1. The number of hydrogen-bond donors (Lipinski definition) is 3. The van der Waals surface area contributed by atoms with Crippen molar-refractivity contribution in [2.45, 2.75) is 12.0 Å². The molecule has 0 radical (unpaired) electrons. The lowest BCUT2D eigenvalue weighted by Gasteiger charge is -2.23. The number of nitrogens with one attached hydrogen (secondary N) is 1. The summed E-state index contributed by atoms with van der Waals surface area (Å²) in [5.41, 5.74) is 3.21. The molecule has 0 bridgehead atoms. The van der Waals surface area contributed by atoms with Crippen LogP contribution in [0.5, 0.6) is 0 Å². The Morgan fingerprint density at radius 1 is 1.48 bits per heavy atom. The first kappa shape index (κ1) is 14.7. The van der Waals surface area contributed by atoms with E-state index in [0.717, 1.165) is 6.07 Å². The largest absolute Gasteiger partial charge is 0.479 e. The van der Waals surface area contributed by atoms with Crippen LogP contribution in [0.25, 0.3) is 0 Å². The van der Waals surface area contributed by atoms with Gasteiger partial charge in [-0.05, 0) is 6.07 Å². The summed E-state index contributed by atoms with van der Waals surface area (Å²) in [4.78, 5) is 33.6. The molecule has 1 aromatic carbocycles. The number of aliphatic carboxylic acids is 1. The number of para-hydroxylation sites is 1. The second-order valence-corrected chi connectivity index (χ2v) is 4.64. The summed E-state index contributed by atoms with van der Waals surface area (Å²) < 4.78 is 5.02. The summed E-state index contributed by atoms with van der Waals surface area (Å²) in [6.45, 7) is 0.0416. The molecule has 1 aliphatic heterocycles. The number of rotatable bonds is 4. The van der Waals surface area contributed by atoms with E-state index in [4.69, 9.17) is 10.5 Å². The van der Waals surface area contributed by atoms with Gasteiger partial charge in [0.2, 0.25) is 0 Å². The standard InChI is InChI=1S/C12H13N3O6/c13-9-7(2-1-3-8(9)15(19)20)10(16)14-12(11(17)18)4-5-21-6-12/h1-3H,4-6,13H2,(H,14,16)(H,17,18).